The van der Waals surface area contributed by atoms with Gasteiger partial charge in [0.05, 0.1) is 5.92 Å². The third kappa shape index (κ3) is 1.95. The van der Waals surface area contributed by atoms with Crippen LogP contribution in [0.4, 0.5) is 14.6 Å². The van der Waals surface area contributed by atoms with E-state index >= 15 is 0 Å². The van der Waals surface area contributed by atoms with E-state index in [4.69, 9.17) is 0 Å². The van der Waals surface area contributed by atoms with Gasteiger partial charge in [-0.2, -0.15) is 4.52 Å². The Balaban J connectivity index is 1.83. The molecular weight excluding hydrogens is 270 g/mol. The Morgan fingerprint density at radius 3 is 2.80 bits per heavy atom. The minimum atomic E-state index is -2.73. The summed E-state index contributed by atoms with van der Waals surface area (Å²) >= 11 is 0. The first kappa shape index (κ1) is 12.7. The molecule has 1 aliphatic heterocycles. The molecule has 1 saturated heterocycles. The van der Waals surface area contributed by atoms with Gasteiger partial charge in [0.2, 0.25) is 11.7 Å². The van der Waals surface area contributed by atoms with Crippen LogP contribution < -0.4 is 10.2 Å². The van der Waals surface area contributed by atoms with Gasteiger partial charge in [0.15, 0.2) is 5.65 Å². The molecule has 20 heavy (non-hydrogen) atoms. The molecule has 0 atom stereocenters. The number of hydrogen-bond donors (Lipinski definition) is 1. The molecule has 2 aromatic heterocycles. The Labute approximate surface area is 112 Å². The minimum Gasteiger partial charge on any atom is -0.359 e. The van der Waals surface area contributed by atoms with E-state index in [0.29, 0.717) is 18.9 Å². The number of aromatic nitrogens is 4. The largest absolute Gasteiger partial charge is 0.359 e. The van der Waals surface area contributed by atoms with Gasteiger partial charge in [-0.05, 0) is 12.1 Å². The van der Waals surface area contributed by atoms with Crippen LogP contribution in [0.5, 0.6) is 0 Å². The molecule has 0 bridgehead atoms. The number of carbonyl (C=O) groups excluding carboxylic acids is 1. The number of rotatable bonds is 3. The summed E-state index contributed by atoms with van der Waals surface area (Å²) in [4.78, 5) is 13.2. The highest BCUT2D eigenvalue weighted by Gasteiger charge is 2.33. The summed E-state index contributed by atoms with van der Waals surface area (Å²) in [5.74, 6) is -0.0718. The SMILES string of the molecule is CNC(=O)C1CN(c2ccc3nnc(C(F)F)n3n2)C1. The van der Waals surface area contributed by atoms with E-state index in [0.717, 1.165) is 4.52 Å². The van der Waals surface area contributed by atoms with Gasteiger partial charge in [-0.3, -0.25) is 4.79 Å². The molecule has 1 aliphatic rings. The second-order valence-electron chi connectivity index (χ2n) is 4.54. The molecule has 9 heteroatoms. The van der Waals surface area contributed by atoms with Crippen LogP contribution in [0.25, 0.3) is 5.65 Å². The fourth-order valence-corrected chi connectivity index (χ4v) is 2.14. The van der Waals surface area contributed by atoms with Crippen molar-refractivity contribution in [3.05, 3.63) is 18.0 Å². The van der Waals surface area contributed by atoms with Crippen LogP contribution in [0.2, 0.25) is 0 Å². The van der Waals surface area contributed by atoms with E-state index in [1.807, 2.05) is 4.90 Å². The van der Waals surface area contributed by atoms with Gasteiger partial charge in [0.25, 0.3) is 6.43 Å². The zero-order chi connectivity index (χ0) is 14.3. The molecule has 0 radical (unpaired) electrons. The summed E-state index contributed by atoms with van der Waals surface area (Å²) in [5.41, 5.74) is 0.271. The smallest absolute Gasteiger partial charge is 0.299 e. The highest BCUT2D eigenvalue weighted by atomic mass is 19.3. The third-order valence-corrected chi connectivity index (χ3v) is 3.29. The number of carbonyl (C=O) groups is 1. The van der Waals surface area contributed by atoms with Crippen molar-refractivity contribution < 1.29 is 13.6 Å². The van der Waals surface area contributed by atoms with E-state index in [-0.39, 0.29) is 17.5 Å². The van der Waals surface area contributed by atoms with Gasteiger partial charge in [0, 0.05) is 20.1 Å². The van der Waals surface area contributed by atoms with Crippen molar-refractivity contribution in [3.8, 4) is 0 Å². The van der Waals surface area contributed by atoms with E-state index < -0.39 is 12.2 Å². The summed E-state index contributed by atoms with van der Waals surface area (Å²) in [6.45, 7) is 1.04. The van der Waals surface area contributed by atoms with E-state index in [1.54, 1.807) is 19.2 Å². The fraction of sp³-hybridized carbons (Fsp3) is 0.455. The molecule has 1 N–H and O–H groups in total. The van der Waals surface area contributed by atoms with E-state index in [1.165, 1.54) is 0 Å². The highest BCUT2D eigenvalue weighted by molar-refractivity contribution is 5.81. The normalized spacial score (nSPS) is 15.7. The minimum absolute atomic E-state index is 0.0279. The predicted octanol–water partition coefficient (Wildman–Crippen LogP) is 0.244. The van der Waals surface area contributed by atoms with Crippen molar-refractivity contribution in [1.29, 1.82) is 0 Å². The second kappa shape index (κ2) is 4.66. The molecule has 2 aromatic rings. The lowest BCUT2D eigenvalue weighted by atomic mass is 9.99. The topological polar surface area (TPSA) is 75.4 Å². The number of nitrogens with one attached hydrogen (secondary N) is 1. The Hall–Kier alpha value is -2.32. The number of amides is 1. The standard InChI is InChI=1S/C11H12F2N6O/c1-14-11(20)6-4-18(5-6)8-3-2-7-15-16-10(9(12)13)19(7)17-8/h2-3,6,9H,4-5H2,1H3,(H,14,20). The monoisotopic (exact) mass is 282 g/mol. The van der Waals surface area contributed by atoms with Crippen LogP contribution in [0.1, 0.15) is 12.2 Å². The quantitative estimate of drug-likeness (QED) is 0.873. The number of anilines is 1. The second-order valence-corrected chi connectivity index (χ2v) is 4.54. The van der Waals surface area contributed by atoms with Crippen molar-refractivity contribution >= 4 is 17.4 Å². The van der Waals surface area contributed by atoms with Crippen molar-refractivity contribution in [2.75, 3.05) is 25.0 Å². The molecule has 0 unspecified atom stereocenters. The van der Waals surface area contributed by atoms with Crippen LogP contribution in [0.15, 0.2) is 12.1 Å². The number of hydrogen-bond acceptors (Lipinski definition) is 5. The van der Waals surface area contributed by atoms with Crippen molar-refractivity contribution in [1.82, 2.24) is 25.1 Å². The molecule has 7 nitrogen and oxygen atoms in total. The molecule has 1 amide bonds. The van der Waals surface area contributed by atoms with Crippen LogP contribution >= 0.6 is 0 Å². The van der Waals surface area contributed by atoms with Crippen molar-refractivity contribution in [2.24, 2.45) is 5.92 Å². The molecule has 3 rings (SSSR count). The number of nitrogens with zero attached hydrogens (tertiary/aromatic N) is 5. The van der Waals surface area contributed by atoms with E-state index in [9.17, 15) is 13.6 Å². The molecule has 0 aliphatic carbocycles. The Kier molecular flexibility index (Phi) is 2.96. The van der Waals surface area contributed by atoms with Crippen molar-refractivity contribution in [3.63, 3.8) is 0 Å². The van der Waals surface area contributed by atoms with Gasteiger partial charge in [-0.15, -0.1) is 15.3 Å². The van der Waals surface area contributed by atoms with Gasteiger partial charge in [0.1, 0.15) is 5.82 Å². The molecule has 1 fully saturated rings. The zero-order valence-corrected chi connectivity index (χ0v) is 10.6. The Morgan fingerprint density at radius 2 is 2.15 bits per heavy atom. The van der Waals surface area contributed by atoms with Crippen LogP contribution in [0, 0.1) is 5.92 Å². The van der Waals surface area contributed by atoms with E-state index in [2.05, 4.69) is 20.6 Å². The molecule has 106 valence electrons. The van der Waals surface area contributed by atoms with Crippen LogP contribution in [0.3, 0.4) is 0 Å². The molecule has 0 aromatic carbocycles. The van der Waals surface area contributed by atoms with Gasteiger partial charge >= 0.3 is 0 Å². The first-order valence-electron chi connectivity index (χ1n) is 6.07. The Bertz CT molecular complexity index is 651. The first-order valence-corrected chi connectivity index (χ1v) is 6.07. The van der Waals surface area contributed by atoms with Crippen LogP contribution in [-0.2, 0) is 4.79 Å². The summed E-state index contributed by atoms with van der Waals surface area (Å²) in [5, 5.41) is 13.7. The molecule has 0 saturated carbocycles. The average Bonchev–Trinajstić information content (AvgIpc) is 2.79. The average molecular weight is 282 g/mol. The molecular formula is C11H12F2N6O. The maximum absolute atomic E-state index is 12.7. The molecule has 0 spiro atoms. The summed E-state index contributed by atoms with van der Waals surface area (Å²) in [6, 6.07) is 3.26. The van der Waals surface area contributed by atoms with Gasteiger partial charge < -0.3 is 10.2 Å². The summed E-state index contributed by atoms with van der Waals surface area (Å²) in [7, 11) is 1.58. The lowest BCUT2D eigenvalue weighted by molar-refractivity contribution is -0.125. The fourth-order valence-electron chi connectivity index (χ4n) is 2.14. The lowest BCUT2D eigenvalue weighted by Crippen LogP contribution is -2.53. The van der Waals surface area contributed by atoms with Crippen molar-refractivity contribution in [2.45, 2.75) is 6.43 Å². The zero-order valence-electron chi connectivity index (χ0n) is 10.6. The Morgan fingerprint density at radius 1 is 1.40 bits per heavy atom. The first-order chi connectivity index (χ1) is 9.60. The van der Waals surface area contributed by atoms with Gasteiger partial charge in [-0.1, -0.05) is 0 Å². The number of fused-ring (bicyclic) bond motifs is 1. The number of alkyl halides is 2. The summed E-state index contributed by atoms with van der Waals surface area (Å²) < 4.78 is 26.5. The van der Waals surface area contributed by atoms with Gasteiger partial charge in [-0.25, -0.2) is 8.78 Å². The third-order valence-electron chi connectivity index (χ3n) is 3.29. The number of halogens is 2. The molecule has 3 heterocycles. The highest BCUT2D eigenvalue weighted by Crippen LogP contribution is 2.24. The maximum atomic E-state index is 12.7. The summed E-state index contributed by atoms with van der Waals surface area (Å²) in [6.07, 6.45) is -2.73. The predicted molar refractivity (Wildman–Crippen MR) is 65.5 cm³/mol. The lowest BCUT2D eigenvalue weighted by Gasteiger charge is -2.38. The van der Waals surface area contributed by atoms with Crippen LogP contribution in [-0.4, -0.2) is 45.9 Å². The maximum Gasteiger partial charge on any atom is 0.299 e.